The summed E-state index contributed by atoms with van der Waals surface area (Å²) < 4.78 is 18.8. The normalized spacial score (nSPS) is 20.6. The van der Waals surface area contributed by atoms with Gasteiger partial charge in [0.1, 0.15) is 11.6 Å². The van der Waals surface area contributed by atoms with Crippen molar-refractivity contribution in [2.24, 2.45) is 5.92 Å². The molecule has 0 spiro atoms. The average Bonchev–Trinajstić information content (AvgIpc) is 2.96. The second-order valence-corrected chi connectivity index (χ2v) is 6.36. The molecule has 0 N–H and O–H groups in total. The first-order valence-electron chi connectivity index (χ1n) is 8.02. The van der Waals surface area contributed by atoms with Gasteiger partial charge in [-0.15, -0.1) is 0 Å². The highest BCUT2D eigenvalue weighted by molar-refractivity contribution is 5.81. The Kier molecular flexibility index (Phi) is 4.87. The fraction of sp³-hybridized carbons (Fsp3) is 0.350. The summed E-state index contributed by atoms with van der Waals surface area (Å²) in [5.41, 5.74) is 3.20. The van der Waals surface area contributed by atoms with Crippen molar-refractivity contribution in [3.05, 3.63) is 71.0 Å². The molecule has 0 saturated carbocycles. The van der Waals surface area contributed by atoms with Gasteiger partial charge >= 0.3 is 0 Å². The maximum absolute atomic E-state index is 13.2. The molecule has 1 saturated heterocycles. The van der Waals surface area contributed by atoms with E-state index in [0.717, 1.165) is 5.56 Å². The first-order valence-corrected chi connectivity index (χ1v) is 8.02. The number of ether oxygens (including phenoxy) is 1. The second kappa shape index (κ2) is 7.05. The largest absolute Gasteiger partial charge is 0.380 e. The van der Waals surface area contributed by atoms with Crippen LogP contribution >= 0.6 is 0 Å². The number of benzene rings is 2. The molecule has 1 heterocycles. The van der Waals surface area contributed by atoms with Crippen molar-refractivity contribution in [3.8, 4) is 0 Å². The van der Waals surface area contributed by atoms with Gasteiger partial charge in [0, 0.05) is 18.8 Å². The molecule has 2 nitrogen and oxygen atoms in total. The first kappa shape index (κ1) is 15.9. The van der Waals surface area contributed by atoms with E-state index in [-0.39, 0.29) is 29.9 Å². The third-order valence-corrected chi connectivity index (χ3v) is 4.48. The lowest BCUT2D eigenvalue weighted by molar-refractivity contribution is -0.119. The minimum absolute atomic E-state index is 0.142. The molecule has 1 aliphatic rings. The smallest absolute Gasteiger partial charge is 0.137 e. The summed E-state index contributed by atoms with van der Waals surface area (Å²) in [6, 6.07) is 14.7. The zero-order valence-corrected chi connectivity index (χ0v) is 13.3. The van der Waals surface area contributed by atoms with E-state index >= 15 is 0 Å². The first-order chi connectivity index (χ1) is 11.1. The van der Waals surface area contributed by atoms with E-state index in [4.69, 9.17) is 4.74 Å². The van der Waals surface area contributed by atoms with Gasteiger partial charge in [-0.25, -0.2) is 4.39 Å². The van der Waals surface area contributed by atoms with E-state index in [1.54, 1.807) is 12.1 Å². The van der Waals surface area contributed by atoms with Gasteiger partial charge < -0.3 is 4.74 Å². The van der Waals surface area contributed by atoms with Crippen LogP contribution in [0.3, 0.4) is 0 Å². The molecule has 1 aliphatic heterocycles. The second-order valence-electron chi connectivity index (χ2n) is 6.36. The third-order valence-electron chi connectivity index (χ3n) is 4.48. The quantitative estimate of drug-likeness (QED) is 0.832. The molecule has 2 atom stereocenters. The van der Waals surface area contributed by atoms with Crippen LogP contribution < -0.4 is 0 Å². The van der Waals surface area contributed by atoms with Crippen molar-refractivity contribution >= 4 is 5.78 Å². The highest BCUT2D eigenvalue weighted by atomic mass is 19.1. The summed E-state index contributed by atoms with van der Waals surface area (Å²) in [6.07, 6.45) is 0.768. The molecule has 1 unspecified atom stereocenters. The highest BCUT2D eigenvalue weighted by Gasteiger charge is 2.31. The van der Waals surface area contributed by atoms with Crippen LogP contribution in [0.15, 0.2) is 48.5 Å². The van der Waals surface area contributed by atoms with Crippen molar-refractivity contribution in [2.75, 3.05) is 13.2 Å². The van der Waals surface area contributed by atoms with Crippen LogP contribution in [0.2, 0.25) is 0 Å². The summed E-state index contributed by atoms with van der Waals surface area (Å²) in [5, 5.41) is 0. The SMILES string of the molecule is Cc1ccc(C2COC[C@@H]2CC(=O)Cc2cccc(F)c2)cc1. The van der Waals surface area contributed by atoms with Gasteiger partial charge in [-0.3, -0.25) is 4.79 Å². The van der Waals surface area contributed by atoms with Gasteiger partial charge in [-0.2, -0.15) is 0 Å². The van der Waals surface area contributed by atoms with Crippen LogP contribution in [0, 0.1) is 18.7 Å². The zero-order chi connectivity index (χ0) is 16.2. The minimum Gasteiger partial charge on any atom is -0.380 e. The maximum atomic E-state index is 13.2. The number of aryl methyl sites for hydroxylation is 1. The Bertz CT molecular complexity index is 678. The summed E-state index contributed by atoms with van der Waals surface area (Å²) in [6.45, 7) is 3.35. The lowest BCUT2D eigenvalue weighted by Gasteiger charge is -2.17. The number of ketones is 1. The number of carbonyl (C=O) groups is 1. The van der Waals surface area contributed by atoms with Gasteiger partial charge in [-0.1, -0.05) is 42.0 Å². The minimum atomic E-state index is -0.294. The summed E-state index contributed by atoms with van der Waals surface area (Å²) in [4.78, 5) is 12.3. The number of Topliss-reactive ketones (excluding diaryl/α,β-unsaturated/α-hetero) is 1. The molecule has 0 amide bonds. The molecule has 2 aromatic rings. The molecular weight excluding hydrogens is 291 g/mol. The molecule has 1 fully saturated rings. The highest BCUT2D eigenvalue weighted by Crippen LogP contribution is 2.33. The summed E-state index contributed by atoms with van der Waals surface area (Å²) in [7, 11) is 0. The van der Waals surface area contributed by atoms with Crippen LogP contribution in [0.1, 0.15) is 29.0 Å². The molecule has 23 heavy (non-hydrogen) atoms. The Morgan fingerprint density at radius 1 is 1.17 bits per heavy atom. The number of rotatable bonds is 5. The van der Waals surface area contributed by atoms with Crippen LogP contribution in [0.25, 0.3) is 0 Å². The standard InChI is InChI=1S/C20H21FO2/c1-14-5-7-16(8-6-14)20-13-23-12-17(20)11-19(22)10-15-3-2-4-18(21)9-15/h2-9,17,20H,10-13H2,1H3/t17-,20?/m0/s1. The molecule has 0 aliphatic carbocycles. The van der Waals surface area contributed by atoms with E-state index < -0.39 is 0 Å². The molecule has 0 bridgehead atoms. The molecule has 0 aromatic heterocycles. The van der Waals surface area contributed by atoms with Gasteiger partial charge in [0.05, 0.1) is 13.2 Å². The van der Waals surface area contributed by atoms with Crippen LogP contribution in [-0.4, -0.2) is 19.0 Å². The van der Waals surface area contributed by atoms with Crippen molar-refractivity contribution < 1.29 is 13.9 Å². The Hall–Kier alpha value is -2.00. The van der Waals surface area contributed by atoms with Gasteiger partial charge in [-0.05, 0) is 36.1 Å². The molecule has 2 aromatic carbocycles. The van der Waals surface area contributed by atoms with Gasteiger partial charge in [0.15, 0.2) is 0 Å². The molecule has 3 rings (SSSR count). The fourth-order valence-electron chi connectivity index (χ4n) is 3.22. The average molecular weight is 312 g/mol. The molecule has 3 heteroatoms. The Morgan fingerprint density at radius 3 is 2.70 bits per heavy atom. The number of halogens is 1. The van der Waals surface area contributed by atoms with E-state index in [1.807, 2.05) is 0 Å². The van der Waals surface area contributed by atoms with Crippen LogP contribution in [0.4, 0.5) is 4.39 Å². The molecule has 120 valence electrons. The fourth-order valence-corrected chi connectivity index (χ4v) is 3.22. The van der Waals surface area contributed by atoms with E-state index in [2.05, 4.69) is 31.2 Å². The number of hydrogen-bond acceptors (Lipinski definition) is 2. The van der Waals surface area contributed by atoms with Crippen molar-refractivity contribution in [2.45, 2.75) is 25.7 Å². The monoisotopic (exact) mass is 312 g/mol. The topological polar surface area (TPSA) is 26.3 Å². The van der Waals surface area contributed by atoms with E-state index in [0.29, 0.717) is 19.6 Å². The summed E-state index contributed by atoms with van der Waals surface area (Å²) in [5.74, 6) is 0.325. The predicted octanol–water partition coefficient (Wildman–Crippen LogP) is 4.07. The van der Waals surface area contributed by atoms with E-state index in [9.17, 15) is 9.18 Å². The Balaban J connectivity index is 1.64. The Morgan fingerprint density at radius 2 is 1.96 bits per heavy atom. The maximum Gasteiger partial charge on any atom is 0.137 e. The van der Waals surface area contributed by atoms with Crippen molar-refractivity contribution in [3.63, 3.8) is 0 Å². The van der Waals surface area contributed by atoms with E-state index in [1.165, 1.54) is 23.3 Å². The predicted molar refractivity (Wildman–Crippen MR) is 88.0 cm³/mol. The zero-order valence-electron chi connectivity index (χ0n) is 13.3. The molecular formula is C20H21FO2. The third kappa shape index (κ3) is 4.05. The number of carbonyl (C=O) groups excluding carboxylic acids is 1. The summed E-state index contributed by atoms with van der Waals surface area (Å²) >= 11 is 0. The van der Waals surface area contributed by atoms with Gasteiger partial charge in [0.2, 0.25) is 0 Å². The molecule has 0 radical (unpaired) electrons. The van der Waals surface area contributed by atoms with Crippen LogP contribution in [-0.2, 0) is 16.0 Å². The Labute approximate surface area is 136 Å². The lowest BCUT2D eigenvalue weighted by Crippen LogP contribution is -2.17. The number of hydrogen-bond donors (Lipinski definition) is 0. The van der Waals surface area contributed by atoms with Crippen molar-refractivity contribution in [1.82, 2.24) is 0 Å². The lowest BCUT2D eigenvalue weighted by atomic mass is 9.84. The van der Waals surface area contributed by atoms with Gasteiger partial charge in [0.25, 0.3) is 0 Å². The van der Waals surface area contributed by atoms with Crippen molar-refractivity contribution in [1.29, 1.82) is 0 Å². The van der Waals surface area contributed by atoms with Crippen LogP contribution in [0.5, 0.6) is 0 Å².